The largest absolute Gasteiger partial charge is 0.356 e. The summed E-state index contributed by atoms with van der Waals surface area (Å²) in [5, 5.41) is 6.78. The molecule has 138 valence electrons. The van der Waals surface area contributed by atoms with E-state index >= 15 is 0 Å². The number of guanidine groups is 1. The van der Waals surface area contributed by atoms with Crippen LogP contribution in [0.2, 0.25) is 0 Å². The normalized spacial score (nSPS) is 15.8. The van der Waals surface area contributed by atoms with E-state index in [-0.39, 0.29) is 17.9 Å². The third kappa shape index (κ3) is 5.73. The summed E-state index contributed by atoms with van der Waals surface area (Å²) in [5.74, 6) is 1.22. The van der Waals surface area contributed by atoms with Crippen molar-refractivity contribution in [3.8, 4) is 0 Å². The molecule has 0 bridgehead atoms. The number of carbonyl (C=O) groups excluding carboxylic acids is 1. The van der Waals surface area contributed by atoms with Gasteiger partial charge < -0.3 is 15.5 Å². The molecule has 1 aromatic carbocycles. The summed E-state index contributed by atoms with van der Waals surface area (Å²) in [5.41, 5.74) is 1.50. The Labute approximate surface area is 159 Å². The van der Waals surface area contributed by atoms with Gasteiger partial charge in [-0.2, -0.15) is 0 Å². The summed E-state index contributed by atoms with van der Waals surface area (Å²) in [6, 6.07) is 8.41. The number of likely N-dealkylation sites (N-methyl/N-ethyl adjacent to an activating group) is 1. The Morgan fingerprint density at radius 1 is 1.28 bits per heavy atom. The minimum Gasteiger partial charge on any atom is -0.356 e. The van der Waals surface area contributed by atoms with Gasteiger partial charge in [-0.1, -0.05) is 48.0 Å². The molecule has 0 spiro atoms. The van der Waals surface area contributed by atoms with E-state index in [0.29, 0.717) is 11.9 Å². The maximum atomic E-state index is 11.8. The molecule has 1 aromatic rings. The summed E-state index contributed by atoms with van der Waals surface area (Å²) in [6.45, 7) is 6.10. The monoisotopic (exact) mass is 408 g/mol. The molecular formula is C19H29BrN4O. The second kappa shape index (κ2) is 8.70. The van der Waals surface area contributed by atoms with Gasteiger partial charge in [-0.05, 0) is 30.4 Å². The fraction of sp³-hybridized carbons (Fsp3) is 0.579. The Kier molecular flexibility index (Phi) is 6.87. The Morgan fingerprint density at radius 3 is 2.52 bits per heavy atom. The number of halogens is 1. The first kappa shape index (κ1) is 19.8. The minimum atomic E-state index is -0.00224. The van der Waals surface area contributed by atoms with Crippen LogP contribution in [0.3, 0.4) is 0 Å². The first-order valence-corrected chi connectivity index (χ1v) is 9.61. The summed E-state index contributed by atoms with van der Waals surface area (Å²) in [6.07, 6.45) is 2.33. The standard InChI is InChI=1S/C19H29BrN4O/c1-14(2)11-21-18(22-12-17(25)24(3)4)23-13-19(9-10-19)15-7-5-6-8-16(15)20/h5-8,14H,9-13H2,1-4H3,(H2,21,22,23). The number of rotatable bonds is 7. The van der Waals surface area contributed by atoms with Crippen LogP contribution in [0.25, 0.3) is 0 Å². The molecule has 25 heavy (non-hydrogen) atoms. The fourth-order valence-electron chi connectivity index (χ4n) is 2.60. The Bertz CT molecular complexity index is 624. The van der Waals surface area contributed by atoms with Crippen molar-refractivity contribution in [1.82, 2.24) is 15.5 Å². The van der Waals surface area contributed by atoms with Crippen LogP contribution in [-0.4, -0.2) is 50.5 Å². The summed E-state index contributed by atoms with van der Waals surface area (Å²) in [4.78, 5) is 17.8. The van der Waals surface area contributed by atoms with E-state index in [1.54, 1.807) is 19.0 Å². The van der Waals surface area contributed by atoms with Crippen molar-refractivity contribution in [1.29, 1.82) is 0 Å². The Balaban J connectivity index is 2.02. The molecule has 1 fully saturated rings. The zero-order valence-corrected chi connectivity index (χ0v) is 17.2. The van der Waals surface area contributed by atoms with Crippen LogP contribution in [0.15, 0.2) is 33.7 Å². The third-order valence-corrected chi connectivity index (χ3v) is 5.13. The maximum absolute atomic E-state index is 11.8. The quantitative estimate of drug-likeness (QED) is 0.538. The highest BCUT2D eigenvalue weighted by Crippen LogP contribution is 2.49. The molecular weight excluding hydrogens is 380 g/mol. The number of amides is 1. The van der Waals surface area contributed by atoms with E-state index < -0.39 is 0 Å². The molecule has 0 atom stereocenters. The lowest BCUT2D eigenvalue weighted by molar-refractivity contribution is -0.127. The van der Waals surface area contributed by atoms with E-state index in [0.717, 1.165) is 30.4 Å². The highest BCUT2D eigenvalue weighted by atomic mass is 79.9. The fourth-order valence-corrected chi connectivity index (χ4v) is 3.30. The summed E-state index contributed by atoms with van der Waals surface area (Å²) >= 11 is 3.67. The predicted molar refractivity (Wildman–Crippen MR) is 107 cm³/mol. The van der Waals surface area contributed by atoms with Crippen molar-refractivity contribution in [2.24, 2.45) is 10.9 Å². The van der Waals surface area contributed by atoms with Crippen LogP contribution < -0.4 is 10.6 Å². The molecule has 5 nitrogen and oxygen atoms in total. The number of aliphatic imine (C=N–C) groups is 1. The van der Waals surface area contributed by atoms with Crippen molar-refractivity contribution >= 4 is 27.8 Å². The number of benzene rings is 1. The Morgan fingerprint density at radius 2 is 1.96 bits per heavy atom. The van der Waals surface area contributed by atoms with E-state index in [9.17, 15) is 4.79 Å². The molecule has 0 unspecified atom stereocenters. The van der Waals surface area contributed by atoms with Crippen LogP contribution in [0.4, 0.5) is 0 Å². The molecule has 0 aliphatic heterocycles. The predicted octanol–water partition coefficient (Wildman–Crippen LogP) is 2.76. The van der Waals surface area contributed by atoms with Crippen molar-refractivity contribution in [2.45, 2.75) is 32.1 Å². The van der Waals surface area contributed by atoms with Crippen LogP contribution in [0.5, 0.6) is 0 Å². The van der Waals surface area contributed by atoms with Gasteiger partial charge in [0.05, 0.1) is 0 Å². The SMILES string of the molecule is CC(C)CNC(=NCC(=O)N(C)C)NCC1(c2ccccc2Br)CC1. The van der Waals surface area contributed by atoms with Crippen LogP contribution >= 0.6 is 15.9 Å². The average Bonchev–Trinajstić information content (AvgIpc) is 3.34. The summed E-state index contributed by atoms with van der Waals surface area (Å²) in [7, 11) is 3.50. The molecule has 1 saturated carbocycles. The average molecular weight is 409 g/mol. The highest BCUT2D eigenvalue weighted by molar-refractivity contribution is 9.10. The van der Waals surface area contributed by atoms with E-state index in [2.05, 4.69) is 63.6 Å². The second-order valence-corrected chi connectivity index (χ2v) is 8.20. The van der Waals surface area contributed by atoms with Gasteiger partial charge in [0.15, 0.2) is 5.96 Å². The Hall–Kier alpha value is -1.56. The number of nitrogens with one attached hydrogen (secondary N) is 2. The van der Waals surface area contributed by atoms with E-state index in [1.165, 1.54) is 5.56 Å². The number of nitrogens with zero attached hydrogens (tertiary/aromatic N) is 2. The van der Waals surface area contributed by atoms with Gasteiger partial charge >= 0.3 is 0 Å². The molecule has 2 rings (SSSR count). The van der Waals surface area contributed by atoms with E-state index in [1.807, 2.05) is 6.07 Å². The summed E-state index contributed by atoms with van der Waals surface area (Å²) < 4.78 is 1.16. The number of carbonyl (C=O) groups is 1. The third-order valence-electron chi connectivity index (χ3n) is 4.44. The number of hydrogen-bond acceptors (Lipinski definition) is 2. The lowest BCUT2D eigenvalue weighted by Gasteiger charge is -2.21. The topological polar surface area (TPSA) is 56.7 Å². The smallest absolute Gasteiger partial charge is 0.243 e. The maximum Gasteiger partial charge on any atom is 0.243 e. The first-order valence-electron chi connectivity index (χ1n) is 8.81. The van der Waals surface area contributed by atoms with Gasteiger partial charge in [-0.15, -0.1) is 0 Å². The molecule has 0 saturated heterocycles. The van der Waals surface area contributed by atoms with E-state index in [4.69, 9.17) is 0 Å². The first-order chi connectivity index (χ1) is 11.8. The van der Waals surface area contributed by atoms with Gasteiger partial charge in [0.2, 0.25) is 5.91 Å². The van der Waals surface area contributed by atoms with Crippen molar-refractivity contribution < 1.29 is 4.79 Å². The number of hydrogen-bond donors (Lipinski definition) is 2. The lowest BCUT2D eigenvalue weighted by Crippen LogP contribution is -2.43. The minimum absolute atomic E-state index is 0.00224. The second-order valence-electron chi connectivity index (χ2n) is 7.34. The van der Waals surface area contributed by atoms with Crippen molar-refractivity contribution in [3.05, 3.63) is 34.3 Å². The zero-order valence-electron chi connectivity index (χ0n) is 15.6. The zero-order chi connectivity index (χ0) is 18.4. The van der Waals surface area contributed by atoms with Gasteiger partial charge in [0, 0.05) is 37.1 Å². The lowest BCUT2D eigenvalue weighted by atomic mass is 9.96. The highest BCUT2D eigenvalue weighted by Gasteiger charge is 2.45. The van der Waals surface area contributed by atoms with Crippen LogP contribution in [-0.2, 0) is 10.2 Å². The molecule has 6 heteroatoms. The van der Waals surface area contributed by atoms with Crippen LogP contribution in [0.1, 0.15) is 32.3 Å². The van der Waals surface area contributed by atoms with Gasteiger partial charge in [0.25, 0.3) is 0 Å². The van der Waals surface area contributed by atoms with Crippen molar-refractivity contribution in [3.63, 3.8) is 0 Å². The van der Waals surface area contributed by atoms with Crippen LogP contribution in [0, 0.1) is 5.92 Å². The molecule has 1 aliphatic carbocycles. The van der Waals surface area contributed by atoms with Gasteiger partial charge in [0.1, 0.15) is 6.54 Å². The molecule has 1 amide bonds. The molecule has 0 aromatic heterocycles. The molecule has 2 N–H and O–H groups in total. The molecule has 0 radical (unpaired) electrons. The molecule has 0 heterocycles. The van der Waals surface area contributed by atoms with Gasteiger partial charge in [-0.25, -0.2) is 4.99 Å². The molecule has 1 aliphatic rings. The van der Waals surface area contributed by atoms with Crippen molar-refractivity contribution in [2.75, 3.05) is 33.7 Å². The van der Waals surface area contributed by atoms with Gasteiger partial charge in [-0.3, -0.25) is 4.79 Å².